The van der Waals surface area contributed by atoms with Gasteiger partial charge in [-0.25, -0.2) is 4.39 Å². The van der Waals surface area contributed by atoms with E-state index in [2.05, 4.69) is 33.2 Å². The molecular formula is C27H32FIN4O4. The van der Waals surface area contributed by atoms with E-state index in [9.17, 15) is 14.0 Å². The van der Waals surface area contributed by atoms with E-state index in [4.69, 9.17) is 15.9 Å². The molecule has 8 nitrogen and oxygen atoms in total. The number of carbonyl (C=O) groups is 2. The molecule has 10 heteroatoms. The Morgan fingerprint density at radius 2 is 1.59 bits per heavy atom. The zero-order chi connectivity index (χ0) is 27.2. The third-order valence-electron chi connectivity index (χ3n) is 5.29. The Kier molecular flexibility index (Phi) is 13.0. The number of rotatable bonds is 11. The topological polar surface area (TPSA) is 128 Å². The summed E-state index contributed by atoms with van der Waals surface area (Å²) in [5, 5.41) is 24.1. The molecule has 0 radical (unpaired) electrons. The molecule has 0 spiro atoms. The molecule has 0 aliphatic heterocycles. The quantitative estimate of drug-likeness (QED) is 0.209. The van der Waals surface area contributed by atoms with Crippen molar-refractivity contribution in [1.29, 1.82) is 0 Å². The normalized spacial score (nSPS) is 10.4. The molecule has 2 amide bonds. The van der Waals surface area contributed by atoms with E-state index in [1.54, 1.807) is 30.3 Å². The summed E-state index contributed by atoms with van der Waals surface area (Å²) in [6.45, 7) is 3.52. The first-order chi connectivity index (χ1) is 17.7. The van der Waals surface area contributed by atoms with Crippen molar-refractivity contribution in [3.63, 3.8) is 0 Å². The number of nitrogens with zero attached hydrogens (tertiary/aromatic N) is 1. The maximum atomic E-state index is 13.8. The highest BCUT2D eigenvalue weighted by molar-refractivity contribution is 14.1. The fourth-order valence-corrected chi connectivity index (χ4v) is 4.02. The lowest BCUT2D eigenvalue weighted by Gasteiger charge is -2.20. The Hall–Kier alpha value is -3.06. The minimum absolute atomic E-state index is 0.0265. The Bertz CT molecular complexity index is 1160. The molecule has 0 atom stereocenters. The molecule has 6 N–H and O–H groups in total. The van der Waals surface area contributed by atoms with Crippen LogP contribution in [-0.2, 0) is 0 Å². The highest BCUT2D eigenvalue weighted by Crippen LogP contribution is 2.25. The van der Waals surface area contributed by atoms with Crippen LogP contribution in [0.25, 0.3) is 0 Å². The van der Waals surface area contributed by atoms with E-state index < -0.39 is 11.7 Å². The van der Waals surface area contributed by atoms with Crippen molar-refractivity contribution in [3.05, 3.63) is 92.8 Å². The number of primary amides is 1. The summed E-state index contributed by atoms with van der Waals surface area (Å²) in [6, 6.07) is 18.7. The number of hydrogen-bond acceptors (Lipinski definition) is 6. The first-order valence-electron chi connectivity index (χ1n) is 11.6. The van der Waals surface area contributed by atoms with Gasteiger partial charge in [-0.15, -0.1) is 0 Å². The molecule has 3 rings (SSSR count). The molecule has 0 aliphatic rings. The Balaban J connectivity index is 0.000000449. The number of carbonyl (C=O) groups excluding carboxylic acids is 2. The predicted octanol–water partition coefficient (Wildman–Crippen LogP) is 3.28. The number of nitrogens with one attached hydrogen (secondary N) is 2. The largest absolute Gasteiger partial charge is 0.395 e. The van der Waals surface area contributed by atoms with Crippen LogP contribution in [0.5, 0.6) is 0 Å². The minimum atomic E-state index is -0.489. The van der Waals surface area contributed by atoms with Crippen molar-refractivity contribution in [2.75, 3.05) is 44.7 Å². The highest BCUT2D eigenvalue weighted by Gasteiger charge is 2.14. The van der Waals surface area contributed by atoms with E-state index >= 15 is 0 Å². The van der Waals surface area contributed by atoms with E-state index in [1.807, 2.05) is 36.1 Å². The monoisotopic (exact) mass is 622 g/mol. The van der Waals surface area contributed by atoms with E-state index in [1.165, 1.54) is 12.1 Å². The van der Waals surface area contributed by atoms with Gasteiger partial charge in [0, 0.05) is 41.0 Å². The van der Waals surface area contributed by atoms with Gasteiger partial charge in [0.15, 0.2) is 0 Å². The van der Waals surface area contributed by atoms with Crippen LogP contribution in [-0.4, -0.2) is 66.3 Å². The number of hydrogen-bond donors (Lipinski definition) is 5. The summed E-state index contributed by atoms with van der Waals surface area (Å²) in [5.41, 5.74) is 8.13. The first-order valence-corrected chi connectivity index (χ1v) is 12.7. The molecule has 0 unspecified atom stereocenters. The van der Waals surface area contributed by atoms with Gasteiger partial charge in [-0.1, -0.05) is 18.2 Å². The van der Waals surface area contributed by atoms with Crippen molar-refractivity contribution in [1.82, 2.24) is 10.2 Å². The second kappa shape index (κ2) is 15.9. The standard InChI is InChI=1S/C20H25FIN3O3.C7H7NO/c1-14-12-16(22)3-5-18(14)24-19-4-2-15(21)13-17(19)20(28)23-6-7-25(8-10-26)9-11-27;8-7(9)6-4-2-1-3-5-6/h2-5,12-13,24,26-27H,6-11H2,1H3,(H,23,28);1-5H,(H2,8,9). The summed E-state index contributed by atoms with van der Waals surface area (Å²) in [6.07, 6.45) is 0. The molecule has 3 aromatic rings. The Labute approximate surface area is 229 Å². The summed E-state index contributed by atoms with van der Waals surface area (Å²) >= 11 is 2.23. The summed E-state index contributed by atoms with van der Waals surface area (Å²) in [5.74, 6) is -1.26. The third kappa shape index (κ3) is 10.4. The van der Waals surface area contributed by atoms with Gasteiger partial charge in [0.25, 0.3) is 5.91 Å². The zero-order valence-electron chi connectivity index (χ0n) is 20.6. The second-order valence-electron chi connectivity index (χ2n) is 8.05. The summed E-state index contributed by atoms with van der Waals surface area (Å²) in [4.78, 5) is 24.9. The lowest BCUT2D eigenvalue weighted by Crippen LogP contribution is -2.38. The lowest BCUT2D eigenvalue weighted by molar-refractivity contribution is 0.0943. The molecular weight excluding hydrogens is 590 g/mol. The smallest absolute Gasteiger partial charge is 0.253 e. The van der Waals surface area contributed by atoms with Crippen LogP contribution < -0.4 is 16.4 Å². The van der Waals surface area contributed by atoms with E-state index in [-0.39, 0.29) is 24.7 Å². The van der Waals surface area contributed by atoms with E-state index in [0.29, 0.717) is 37.4 Å². The minimum Gasteiger partial charge on any atom is -0.395 e. The Morgan fingerprint density at radius 3 is 2.16 bits per heavy atom. The van der Waals surface area contributed by atoms with Gasteiger partial charge in [-0.3, -0.25) is 14.5 Å². The first kappa shape index (κ1) is 30.2. The number of anilines is 2. The highest BCUT2D eigenvalue weighted by atomic mass is 127. The average Bonchev–Trinajstić information content (AvgIpc) is 2.87. The van der Waals surface area contributed by atoms with Crippen LogP contribution >= 0.6 is 22.6 Å². The fourth-order valence-electron chi connectivity index (χ4n) is 3.37. The second-order valence-corrected chi connectivity index (χ2v) is 9.29. The molecule has 198 valence electrons. The maximum Gasteiger partial charge on any atom is 0.253 e. The number of aryl methyl sites for hydroxylation is 1. The van der Waals surface area contributed by atoms with Gasteiger partial charge in [-0.05, 0) is 83.6 Å². The van der Waals surface area contributed by atoms with Gasteiger partial charge in [0.05, 0.1) is 24.5 Å². The lowest BCUT2D eigenvalue weighted by atomic mass is 10.1. The summed E-state index contributed by atoms with van der Waals surface area (Å²) < 4.78 is 14.9. The number of benzene rings is 3. The van der Waals surface area contributed by atoms with Crippen molar-refractivity contribution in [3.8, 4) is 0 Å². The van der Waals surface area contributed by atoms with Crippen LogP contribution in [0, 0.1) is 16.3 Å². The third-order valence-corrected chi connectivity index (χ3v) is 5.96. The number of halogens is 2. The van der Waals surface area contributed by atoms with Gasteiger partial charge < -0.3 is 26.6 Å². The molecule has 3 aromatic carbocycles. The molecule has 0 bridgehead atoms. The molecule has 0 fully saturated rings. The van der Waals surface area contributed by atoms with Gasteiger partial charge in [0.1, 0.15) is 5.82 Å². The van der Waals surface area contributed by atoms with Crippen LogP contribution in [0.2, 0.25) is 0 Å². The van der Waals surface area contributed by atoms with Crippen LogP contribution in [0.4, 0.5) is 15.8 Å². The maximum absolute atomic E-state index is 13.8. The number of aliphatic hydroxyl groups excluding tert-OH is 2. The molecule has 0 aromatic heterocycles. The molecule has 37 heavy (non-hydrogen) atoms. The number of aliphatic hydroxyl groups is 2. The predicted molar refractivity (Wildman–Crippen MR) is 151 cm³/mol. The molecule has 0 aliphatic carbocycles. The SMILES string of the molecule is Cc1cc(I)ccc1Nc1ccc(F)cc1C(=O)NCCN(CCO)CCO.NC(=O)c1ccccc1. The molecule has 0 heterocycles. The molecule has 0 saturated heterocycles. The van der Waals surface area contributed by atoms with E-state index in [0.717, 1.165) is 14.8 Å². The van der Waals surface area contributed by atoms with Crippen molar-refractivity contribution in [2.24, 2.45) is 5.73 Å². The number of nitrogens with two attached hydrogens (primary N) is 1. The summed E-state index contributed by atoms with van der Waals surface area (Å²) in [7, 11) is 0. The molecule has 0 saturated carbocycles. The van der Waals surface area contributed by atoms with Crippen LogP contribution in [0.15, 0.2) is 66.7 Å². The Morgan fingerprint density at radius 1 is 0.946 bits per heavy atom. The average molecular weight is 622 g/mol. The van der Waals surface area contributed by atoms with Crippen LogP contribution in [0.1, 0.15) is 26.3 Å². The van der Waals surface area contributed by atoms with Gasteiger partial charge in [0.2, 0.25) is 5.91 Å². The van der Waals surface area contributed by atoms with Crippen molar-refractivity contribution < 1.29 is 24.2 Å². The van der Waals surface area contributed by atoms with Gasteiger partial charge in [-0.2, -0.15) is 0 Å². The zero-order valence-corrected chi connectivity index (χ0v) is 22.7. The fraction of sp³-hybridized carbons (Fsp3) is 0.259. The van der Waals surface area contributed by atoms with Gasteiger partial charge >= 0.3 is 0 Å². The van der Waals surface area contributed by atoms with Crippen molar-refractivity contribution >= 4 is 45.8 Å². The van der Waals surface area contributed by atoms with Crippen molar-refractivity contribution in [2.45, 2.75) is 6.92 Å². The number of amides is 2. The van der Waals surface area contributed by atoms with Crippen LogP contribution in [0.3, 0.4) is 0 Å².